The standard InChI is InChI=1S/C18H14ClNO4S/c1-10(21)20-12-2-4-13(5-3-12)25-9-11-6-18(23)24-17-8-16(22)15(19)7-14(11)17/h2-8,22H,9H2,1H3,(H,20,21). The molecule has 1 amide bonds. The molecular weight excluding hydrogens is 362 g/mol. The second kappa shape index (κ2) is 7.21. The number of benzene rings is 2. The van der Waals surface area contributed by atoms with Crippen molar-refractivity contribution >= 4 is 45.9 Å². The van der Waals surface area contributed by atoms with Crippen molar-refractivity contribution in [1.82, 2.24) is 0 Å². The van der Waals surface area contributed by atoms with Crippen LogP contribution >= 0.6 is 23.4 Å². The molecule has 0 unspecified atom stereocenters. The molecule has 2 aromatic carbocycles. The van der Waals surface area contributed by atoms with E-state index in [0.29, 0.717) is 16.7 Å². The number of anilines is 1. The van der Waals surface area contributed by atoms with Crippen LogP contribution in [-0.2, 0) is 10.5 Å². The molecule has 0 fully saturated rings. The molecule has 0 radical (unpaired) electrons. The predicted octanol–water partition coefficient (Wildman–Crippen LogP) is 4.40. The lowest BCUT2D eigenvalue weighted by molar-refractivity contribution is -0.114. The van der Waals surface area contributed by atoms with Gasteiger partial charge in [-0.25, -0.2) is 4.79 Å². The lowest BCUT2D eigenvalue weighted by Crippen LogP contribution is -2.05. The van der Waals surface area contributed by atoms with Crippen molar-refractivity contribution in [2.75, 3.05) is 5.32 Å². The molecule has 0 saturated carbocycles. The zero-order valence-electron chi connectivity index (χ0n) is 13.2. The Labute approximate surface area is 152 Å². The van der Waals surface area contributed by atoms with E-state index in [2.05, 4.69) is 5.32 Å². The third kappa shape index (κ3) is 4.15. The predicted molar refractivity (Wildman–Crippen MR) is 99.5 cm³/mol. The number of halogens is 1. The second-order valence-corrected chi connectivity index (χ2v) is 6.84. The summed E-state index contributed by atoms with van der Waals surface area (Å²) < 4.78 is 5.12. The van der Waals surface area contributed by atoms with E-state index in [9.17, 15) is 14.7 Å². The Morgan fingerprint density at radius 2 is 1.96 bits per heavy atom. The number of nitrogens with one attached hydrogen (secondary N) is 1. The van der Waals surface area contributed by atoms with E-state index < -0.39 is 5.63 Å². The number of phenols is 1. The summed E-state index contributed by atoms with van der Waals surface area (Å²) >= 11 is 7.50. The number of aromatic hydroxyl groups is 1. The molecule has 0 bridgehead atoms. The Hall–Kier alpha value is -2.44. The normalized spacial score (nSPS) is 10.8. The summed E-state index contributed by atoms with van der Waals surface area (Å²) in [5.74, 6) is 0.279. The van der Waals surface area contributed by atoms with Crippen LogP contribution in [0.1, 0.15) is 12.5 Å². The van der Waals surface area contributed by atoms with Crippen LogP contribution in [0.15, 0.2) is 56.6 Å². The van der Waals surface area contributed by atoms with Crippen molar-refractivity contribution in [2.45, 2.75) is 17.6 Å². The van der Waals surface area contributed by atoms with Crippen LogP contribution in [-0.4, -0.2) is 11.0 Å². The van der Waals surface area contributed by atoms with E-state index >= 15 is 0 Å². The number of carbonyl (C=O) groups is 1. The first-order valence-electron chi connectivity index (χ1n) is 7.38. The first kappa shape index (κ1) is 17.4. The molecule has 7 heteroatoms. The summed E-state index contributed by atoms with van der Waals surface area (Å²) in [5.41, 5.74) is 1.31. The fourth-order valence-electron chi connectivity index (χ4n) is 2.35. The van der Waals surface area contributed by atoms with Crippen LogP contribution in [0.2, 0.25) is 5.02 Å². The van der Waals surface area contributed by atoms with Gasteiger partial charge in [-0.15, -0.1) is 11.8 Å². The number of thioether (sulfide) groups is 1. The number of amides is 1. The maximum absolute atomic E-state index is 11.7. The molecule has 1 aromatic heterocycles. The zero-order chi connectivity index (χ0) is 18.0. The van der Waals surface area contributed by atoms with Gasteiger partial charge in [0.05, 0.1) is 5.02 Å². The number of carbonyl (C=O) groups excluding carboxylic acids is 1. The van der Waals surface area contributed by atoms with E-state index in [1.165, 1.54) is 30.8 Å². The van der Waals surface area contributed by atoms with Crippen molar-refractivity contribution in [1.29, 1.82) is 0 Å². The third-order valence-corrected chi connectivity index (χ3v) is 4.83. The van der Waals surface area contributed by atoms with Crippen molar-refractivity contribution < 1.29 is 14.3 Å². The Morgan fingerprint density at radius 1 is 1.24 bits per heavy atom. The average molecular weight is 376 g/mol. The fraction of sp³-hybridized carbons (Fsp3) is 0.111. The molecule has 128 valence electrons. The molecule has 0 aliphatic rings. The van der Waals surface area contributed by atoms with E-state index in [-0.39, 0.29) is 16.7 Å². The molecule has 5 nitrogen and oxygen atoms in total. The minimum absolute atomic E-state index is 0.122. The van der Waals surface area contributed by atoms with Gasteiger partial charge in [0.15, 0.2) is 0 Å². The Kier molecular flexibility index (Phi) is 5.01. The highest BCUT2D eigenvalue weighted by Gasteiger charge is 2.10. The Bertz CT molecular complexity index is 998. The van der Waals surface area contributed by atoms with E-state index in [1.807, 2.05) is 24.3 Å². The highest BCUT2D eigenvalue weighted by molar-refractivity contribution is 7.98. The lowest BCUT2D eigenvalue weighted by atomic mass is 10.1. The SMILES string of the molecule is CC(=O)Nc1ccc(SCc2cc(=O)oc3cc(O)c(Cl)cc23)cc1. The number of hydrogen-bond acceptors (Lipinski definition) is 5. The first-order valence-corrected chi connectivity index (χ1v) is 8.74. The summed E-state index contributed by atoms with van der Waals surface area (Å²) in [5, 5.41) is 13.3. The van der Waals surface area contributed by atoms with Gasteiger partial charge in [0.1, 0.15) is 11.3 Å². The van der Waals surface area contributed by atoms with Crippen molar-refractivity contribution in [3.05, 3.63) is 63.5 Å². The van der Waals surface area contributed by atoms with Gasteiger partial charge < -0.3 is 14.8 Å². The summed E-state index contributed by atoms with van der Waals surface area (Å²) in [7, 11) is 0. The zero-order valence-corrected chi connectivity index (χ0v) is 14.8. The summed E-state index contributed by atoms with van der Waals surface area (Å²) in [6, 6.07) is 11.8. The summed E-state index contributed by atoms with van der Waals surface area (Å²) in [4.78, 5) is 23.7. The quantitative estimate of drug-likeness (QED) is 0.521. The monoisotopic (exact) mass is 375 g/mol. The number of hydrogen-bond donors (Lipinski definition) is 2. The van der Waals surface area contributed by atoms with Crippen LogP contribution in [0.3, 0.4) is 0 Å². The Morgan fingerprint density at radius 3 is 2.64 bits per heavy atom. The van der Waals surface area contributed by atoms with Crippen LogP contribution in [0.5, 0.6) is 5.75 Å². The average Bonchev–Trinajstić information content (AvgIpc) is 2.55. The molecule has 0 aliphatic heterocycles. The van der Waals surface area contributed by atoms with E-state index in [4.69, 9.17) is 16.0 Å². The van der Waals surface area contributed by atoms with Crippen molar-refractivity contribution in [2.24, 2.45) is 0 Å². The van der Waals surface area contributed by atoms with Crippen LogP contribution in [0, 0.1) is 0 Å². The van der Waals surface area contributed by atoms with Crippen LogP contribution in [0.25, 0.3) is 11.0 Å². The van der Waals surface area contributed by atoms with E-state index in [0.717, 1.165) is 16.1 Å². The van der Waals surface area contributed by atoms with Crippen LogP contribution in [0.4, 0.5) is 5.69 Å². The maximum Gasteiger partial charge on any atom is 0.336 e. The van der Waals surface area contributed by atoms with E-state index in [1.54, 1.807) is 6.07 Å². The maximum atomic E-state index is 11.7. The molecule has 1 heterocycles. The van der Waals surface area contributed by atoms with Gasteiger partial charge in [-0.1, -0.05) is 11.6 Å². The third-order valence-electron chi connectivity index (χ3n) is 3.47. The van der Waals surface area contributed by atoms with Gasteiger partial charge >= 0.3 is 5.63 Å². The molecule has 25 heavy (non-hydrogen) atoms. The first-order chi connectivity index (χ1) is 11.9. The number of rotatable bonds is 4. The molecule has 2 N–H and O–H groups in total. The highest BCUT2D eigenvalue weighted by atomic mass is 35.5. The Balaban J connectivity index is 1.84. The molecule has 3 aromatic rings. The van der Waals surface area contributed by atoms with Gasteiger partial charge in [0.2, 0.25) is 5.91 Å². The smallest absolute Gasteiger partial charge is 0.336 e. The minimum Gasteiger partial charge on any atom is -0.506 e. The van der Waals surface area contributed by atoms with Gasteiger partial charge in [-0.2, -0.15) is 0 Å². The van der Waals surface area contributed by atoms with Crippen molar-refractivity contribution in [3.63, 3.8) is 0 Å². The fourth-order valence-corrected chi connectivity index (χ4v) is 3.41. The molecule has 0 atom stereocenters. The van der Waals surface area contributed by atoms with Gasteiger partial charge in [-0.3, -0.25) is 4.79 Å². The summed E-state index contributed by atoms with van der Waals surface area (Å²) in [6.45, 7) is 1.46. The molecule has 3 rings (SSSR count). The lowest BCUT2D eigenvalue weighted by Gasteiger charge is -2.08. The molecular formula is C18H14ClNO4S. The van der Waals surface area contributed by atoms with Crippen LogP contribution < -0.4 is 10.9 Å². The van der Waals surface area contributed by atoms with Gasteiger partial charge in [-0.05, 0) is 35.9 Å². The second-order valence-electron chi connectivity index (χ2n) is 5.38. The van der Waals surface area contributed by atoms with Gasteiger partial charge in [0.25, 0.3) is 0 Å². The van der Waals surface area contributed by atoms with Gasteiger partial charge in [0, 0.05) is 40.8 Å². The minimum atomic E-state index is -0.481. The molecule has 0 aliphatic carbocycles. The number of fused-ring (bicyclic) bond motifs is 1. The summed E-state index contributed by atoms with van der Waals surface area (Å²) in [6.07, 6.45) is 0. The van der Waals surface area contributed by atoms with Crippen molar-refractivity contribution in [3.8, 4) is 5.75 Å². The largest absolute Gasteiger partial charge is 0.506 e. The molecule has 0 spiro atoms. The molecule has 0 saturated heterocycles. The highest BCUT2D eigenvalue weighted by Crippen LogP contribution is 2.32. The topological polar surface area (TPSA) is 79.5 Å². The number of phenolic OH excluding ortho intramolecular Hbond substituents is 1.